The lowest BCUT2D eigenvalue weighted by atomic mass is 9.76. The number of nitrogens with zero attached hydrogens (tertiary/aromatic N) is 6. The van der Waals surface area contributed by atoms with Crippen molar-refractivity contribution in [2.45, 2.75) is 76.2 Å². The Kier molecular flexibility index (Phi) is 8.28. The van der Waals surface area contributed by atoms with Crippen molar-refractivity contribution in [3.63, 3.8) is 0 Å². The predicted molar refractivity (Wildman–Crippen MR) is 170 cm³/mol. The van der Waals surface area contributed by atoms with Crippen LogP contribution >= 0.6 is 0 Å². The number of aromatic nitrogens is 4. The number of anilines is 1. The lowest BCUT2D eigenvalue weighted by molar-refractivity contribution is -0.137. The van der Waals surface area contributed by atoms with Gasteiger partial charge in [0.15, 0.2) is 5.82 Å². The molecule has 262 valence electrons. The van der Waals surface area contributed by atoms with Crippen molar-refractivity contribution in [2.75, 3.05) is 38.2 Å². The van der Waals surface area contributed by atoms with E-state index in [1.165, 1.54) is 6.20 Å². The van der Waals surface area contributed by atoms with E-state index in [2.05, 4.69) is 26.9 Å². The number of β-amino-alcohol motifs (C(OH)–C–C–N with tert-alkyl or cyclic N) is 1. The lowest BCUT2D eigenvalue weighted by Crippen LogP contribution is -2.50. The molecule has 4 aromatic rings. The van der Waals surface area contributed by atoms with Crippen LogP contribution in [0.3, 0.4) is 0 Å². The minimum Gasteiger partial charge on any atom is -0.463 e. The molecule has 3 fully saturated rings. The maximum atomic E-state index is 16.8. The van der Waals surface area contributed by atoms with Crippen molar-refractivity contribution < 1.29 is 36.2 Å². The summed E-state index contributed by atoms with van der Waals surface area (Å²) in [4.78, 5) is 30.3. The number of benzene rings is 1. The zero-order valence-corrected chi connectivity index (χ0v) is 27.0. The van der Waals surface area contributed by atoms with Crippen LogP contribution in [-0.4, -0.2) is 74.5 Å². The van der Waals surface area contributed by atoms with Crippen molar-refractivity contribution >= 4 is 27.5 Å². The summed E-state index contributed by atoms with van der Waals surface area (Å²) in [6.07, 6.45) is 3.15. The highest BCUT2D eigenvalue weighted by Gasteiger charge is 2.47. The molecule has 0 amide bonds. The molecular weight excluding hydrogens is 654 g/mol. The van der Waals surface area contributed by atoms with Gasteiger partial charge in [-0.1, -0.05) is 6.42 Å². The maximum Gasteiger partial charge on any atom is 0.416 e. The van der Waals surface area contributed by atoms with Crippen molar-refractivity contribution in [3.05, 3.63) is 52.3 Å². The number of alkyl halides is 5. The highest BCUT2D eigenvalue weighted by atomic mass is 19.4. The summed E-state index contributed by atoms with van der Waals surface area (Å²) in [6, 6.07) is 2.23. The Morgan fingerprint density at radius 1 is 1.06 bits per heavy atom. The van der Waals surface area contributed by atoms with Crippen LogP contribution in [0.25, 0.3) is 32.9 Å². The van der Waals surface area contributed by atoms with Gasteiger partial charge in [-0.3, -0.25) is 14.3 Å². The molecule has 1 aliphatic carbocycles. The Balaban J connectivity index is 1.40. The molecule has 0 spiro atoms. The highest BCUT2D eigenvalue weighted by molar-refractivity contribution is 5.98. The molecule has 1 saturated carbocycles. The normalized spacial score (nSPS) is 25.0. The van der Waals surface area contributed by atoms with Crippen LogP contribution in [0, 0.1) is 11.2 Å². The summed E-state index contributed by atoms with van der Waals surface area (Å²) < 4.78 is 92.3. The number of likely N-dealkylation sites (tertiary alicyclic amines) is 1. The maximum absolute atomic E-state index is 16.8. The van der Waals surface area contributed by atoms with E-state index < -0.39 is 57.3 Å². The summed E-state index contributed by atoms with van der Waals surface area (Å²) in [6.45, 7) is 0.244. The number of ether oxygens (including phenoxy) is 1. The number of rotatable bonds is 6. The molecule has 1 aromatic carbocycles. The van der Waals surface area contributed by atoms with E-state index in [4.69, 9.17) is 4.74 Å². The van der Waals surface area contributed by atoms with Crippen LogP contribution in [0.2, 0.25) is 0 Å². The molecule has 2 saturated heterocycles. The van der Waals surface area contributed by atoms with Crippen LogP contribution in [0.1, 0.15) is 64.0 Å². The zero-order valence-electron chi connectivity index (χ0n) is 27.0. The first-order chi connectivity index (χ1) is 23.2. The van der Waals surface area contributed by atoms with Crippen LogP contribution in [0.15, 0.2) is 35.4 Å². The second-order valence-electron chi connectivity index (χ2n) is 14.0. The number of hydrogen-bond acceptors (Lipinski definition) is 8. The molecule has 5 heterocycles. The first-order valence-electron chi connectivity index (χ1n) is 16.4. The van der Waals surface area contributed by atoms with Gasteiger partial charge in [-0.2, -0.15) is 31.9 Å². The average Bonchev–Trinajstić information content (AvgIpc) is 3.49. The first kappa shape index (κ1) is 33.5. The fourth-order valence-corrected chi connectivity index (χ4v) is 8.17. The third kappa shape index (κ3) is 5.98. The van der Waals surface area contributed by atoms with E-state index in [1.54, 1.807) is 11.8 Å². The molecule has 3 unspecified atom stereocenters. The Labute approximate surface area is 277 Å². The number of pyridine rings is 2. The molecule has 1 N–H and O–H groups in total. The van der Waals surface area contributed by atoms with Crippen LogP contribution < -0.4 is 15.2 Å². The van der Waals surface area contributed by atoms with E-state index >= 15 is 4.39 Å². The number of fused-ring (bicyclic) bond motifs is 3. The quantitative estimate of drug-likeness (QED) is 0.228. The molecule has 3 aliphatic rings. The summed E-state index contributed by atoms with van der Waals surface area (Å²) in [5.74, 6) is -0.858. The van der Waals surface area contributed by atoms with Gasteiger partial charge in [0.25, 0.3) is 5.56 Å². The fraction of sp³-hybridized carbons (Fsp3) is 0.529. The second kappa shape index (κ2) is 12.1. The molecule has 2 aliphatic heterocycles. The number of aliphatic hydroxyl groups is 1. The smallest absolute Gasteiger partial charge is 0.416 e. The molecule has 3 aromatic heterocycles. The van der Waals surface area contributed by atoms with Gasteiger partial charge in [0, 0.05) is 47.9 Å². The van der Waals surface area contributed by atoms with Gasteiger partial charge in [-0.05, 0) is 82.6 Å². The third-order valence-electron chi connectivity index (χ3n) is 10.5. The van der Waals surface area contributed by atoms with Gasteiger partial charge in [0.1, 0.15) is 17.0 Å². The summed E-state index contributed by atoms with van der Waals surface area (Å²) in [5.41, 5.74) is -4.89. The largest absolute Gasteiger partial charge is 0.463 e. The van der Waals surface area contributed by atoms with Crippen molar-refractivity contribution in [3.8, 4) is 17.3 Å². The standard InChI is InChI=1S/C34H36F6N6O3/c1-32(48)9-4-13-45(17-32)28-22-15-41-26(23-16-46(30(36)37)29(47)20-8-7-19(14-21(20)23)34(38,39)40)25(35)27(22)42-31(43-28)49-18-33-10-3-6-24(33)44(2)12-5-11-33/h7-8,14-16,24,30,48H,3-6,9-13,17-18H2,1-2H3. The van der Waals surface area contributed by atoms with Gasteiger partial charge >= 0.3 is 18.7 Å². The Morgan fingerprint density at radius 3 is 2.55 bits per heavy atom. The topological polar surface area (TPSA) is 96.6 Å². The number of hydrogen-bond donors (Lipinski definition) is 1. The van der Waals surface area contributed by atoms with E-state index in [0.717, 1.165) is 44.7 Å². The van der Waals surface area contributed by atoms with E-state index in [9.17, 15) is 31.9 Å². The minimum atomic E-state index is -4.83. The minimum absolute atomic E-state index is 0.0323. The van der Waals surface area contributed by atoms with Gasteiger partial charge in [-0.15, -0.1) is 0 Å². The average molecular weight is 691 g/mol. The third-order valence-corrected chi connectivity index (χ3v) is 10.5. The summed E-state index contributed by atoms with van der Waals surface area (Å²) >= 11 is 0. The van der Waals surface area contributed by atoms with Crippen LogP contribution in [0.4, 0.5) is 32.2 Å². The molecule has 0 bridgehead atoms. The van der Waals surface area contributed by atoms with Gasteiger partial charge in [0.05, 0.1) is 23.2 Å². The van der Waals surface area contributed by atoms with Gasteiger partial charge < -0.3 is 19.6 Å². The van der Waals surface area contributed by atoms with Crippen LogP contribution in [0.5, 0.6) is 6.01 Å². The zero-order chi connectivity index (χ0) is 34.9. The molecule has 3 atom stereocenters. The fourth-order valence-electron chi connectivity index (χ4n) is 8.17. The van der Waals surface area contributed by atoms with E-state index in [0.29, 0.717) is 43.8 Å². The van der Waals surface area contributed by atoms with Crippen molar-refractivity contribution in [1.82, 2.24) is 24.4 Å². The van der Waals surface area contributed by atoms with Crippen molar-refractivity contribution in [2.24, 2.45) is 5.41 Å². The molecule has 9 nitrogen and oxygen atoms in total. The first-order valence-corrected chi connectivity index (χ1v) is 16.4. The summed E-state index contributed by atoms with van der Waals surface area (Å²) in [5, 5.41) is 10.2. The van der Waals surface area contributed by atoms with Crippen LogP contribution in [-0.2, 0) is 6.18 Å². The Bertz CT molecular complexity index is 1980. The SMILES string of the molecule is CN1CCCC2(COc3nc(N4CCCC(C)(O)C4)c4cnc(-c5cn(C(F)F)c(=O)c6ccc(C(F)(F)F)cc56)c(F)c4n3)CCCC12. The molecule has 0 radical (unpaired) electrons. The van der Waals surface area contributed by atoms with Crippen molar-refractivity contribution in [1.29, 1.82) is 0 Å². The predicted octanol–water partition coefficient (Wildman–Crippen LogP) is 6.55. The van der Waals surface area contributed by atoms with E-state index in [1.807, 2.05) is 0 Å². The van der Waals surface area contributed by atoms with Gasteiger partial charge in [-0.25, -0.2) is 4.39 Å². The molecular formula is C34H36F6N6O3. The molecule has 7 rings (SSSR count). The monoisotopic (exact) mass is 690 g/mol. The summed E-state index contributed by atoms with van der Waals surface area (Å²) in [7, 11) is 2.10. The number of halogens is 6. The molecule has 15 heteroatoms. The Morgan fingerprint density at radius 2 is 1.82 bits per heavy atom. The highest BCUT2D eigenvalue weighted by Crippen LogP contribution is 2.47. The second-order valence-corrected chi connectivity index (χ2v) is 14.0. The molecule has 49 heavy (non-hydrogen) atoms. The number of piperidine rings is 2. The van der Waals surface area contributed by atoms with E-state index in [-0.39, 0.29) is 45.9 Å². The Hall–Kier alpha value is -3.98. The van der Waals surface area contributed by atoms with Gasteiger partial charge in [0.2, 0.25) is 0 Å². The lowest BCUT2D eigenvalue weighted by Gasteiger charge is -2.44.